The summed E-state index contributed by atoms with van der Waals surface area (Å²) in [4.78, 5) is 30.3. The van der Waals surface area contributed by atoms with E-state index in [-0.39, 0.29) is 11.8 Å². The summed E-state index contributed by atoms with van der Waals surface area (Å²) < 4.78 is 7.72. The number of carbonyl (C=O) groups is 2. The highest BCUT2D eigenvalue weighted by Crippen LogP contribution is 2.34. The van der Waals surface area contributed by atoms with Gasteiger partial charge in [-0.1, -0.05) is 66.2 Å². The Hall–Kier alpha value is -4.03. The summed E-state index contributed by atoms with van der Waals surface area (Å²) >= 11 is 6.16. The fourth-order valence-corrected chi connectivity index (χ4v) is 5.12. The van der Waals surface area contributed by atoms with Gasteiger partial charge in [-0.3, -0.25) is 9.59 Å². The summed E-state index contributed by atoms with van der Waals surface area (Å²) in [6.07, 6.45) is 0.375. The lowest BCUT2D eigenvalue weighted by atomic mass is 10.1. The van der Waals surface area contributed by atoms with Gasteiger partial charge in [0.15, 0.2) is 0 Å². The molecular formula is C31H30ClN3O3. The number of methoxy groups -OCH3 is 1. The predicted octanol–water partition coefficient (Wildman–Crippen LogP) is 5.64. The maximum atomic E-state index is 13.8. The molecular weight excluding hydrogens is 498 g/mol. The Morgan fingerprint density at radius 2 is 1.47 bits per heavy atom. The highest BCUT2D eigenvalue weighted by Gasteiger charge is 2.28. The Balaban J connectivity index is 1.41. The average Bonchev–Trinajstić information content (AvgIpc) is 3.30. The van der Waals surface area contributed by atoms with Crippen molar-refractivity contribution in [2.45, 2.75) is 13.3 Å². The van der Waals surface area contributed by atoms with Crippen LogP contribution in [0.4, 0.5) is 0 Å². The van der Waals surface area contributed by atoms with E-state index in [9.17, 15) is 9.59 Å². The molecule has 7 heteroatoms. The van der Waals surface area contributed by atoms with Crippen LogP contribution in [0, 0.1) is 6.92 Å². The molecule has 1 aliphatic heterocycles. The smallest absolute Gasteiger partial charge is 0.255 e. The molecule has 1 aliphatic rings. The zero-order chi connectivity index (χ0) is 26.6. The fraction of sp³-hybridized carbons (Fsp3) is 0.226. The molecule has 0 spiro atoms. The van der Waals surface area contributed by atoms with Crippen molar-refractivity contribution in [3.63, 3.8) is 0 Å². The lowest BCUT2D eigenvalue weighted by Gasteiger charge is -2.35. The van der Waals surface area contributed by atoms with Crippen LogP contribution in [0.1, 0.15) is 21.6 Å². The number of amides is 2. The first kappa shape index (κ1) is 25.6. The van der Waals surface area contributed by atoms with Crippen LogP contribution in [-0.2, 0) is 11.2 Å². The van der Waals surface area contributed by atoms with Crippen molar-refractivity contribution in [1.29, 1.82) is 0 Å². The van der Waals surface area contributed by atoms with Crippen molar-refractivity contribution >= 4 is 23.4 Å². The number of rotatable bonds is 6. The number of nitrogens with zero attached hydrogens (tertiary/aromatic N) is 3. The van der Waals surface area contributed by atoms with Crippen LogP contribution < -0.4 is 4.74 Å². The maximum Gasteiger partial charge on any atom is 0.255 e. The van der Waals surface area contributed by atoms with Crippen molar-refractivity contribution in [2.75, 3.05) is 33.3 Å². The molecule has 0 radical (unpaired) electrons. The number of benzene rings is 3. The molecule has 1 aromatic heterocycles. The first-order valence-corrected chi connectivity index (χ1v) is 13.1. The highest BCUT2D eigenvalue weighted by atomic mass is 35.5. The minimum Gasteiger partial charge on any atom is -0.495 e. The molecule has 2 heterocycles. The molecule has 2 amide bonds. The van der Waals surface area contributed by atoms with E-state index in [0.717, 1.165) is 28.2 Å². The van der Waals surface area contributed by atoms with Crippen LogP contribution in [0.3, 0.4) is 0 Å². The van der Waals surface area contributed by atoms with Crippen LogP contribution in [0.15, 0.2) is 84.9 Å². The van der Waals surface area contributed by atoms with Crippen molar-refractivity contribution in [3.05, 3.63) is 107 Å². The van der Waals surface area contributed by atoms with Crippen molar-refractivity contribution in [3.8, 4) is 22.7 Å². The van der Waals surface area contributed by atoms with E-state index in [1.807, 2.05) is 102 Å². The number of hydrogen-bond acceptors (Lipinski definition) is 3. The molecule has 38 heavy (non-hydrogen) atoms. The molecule has 0 N–H and O–H groups in total. The summed E-state index contributed by atoms with van der Waals surface area (Å²) in [5, 5.41) is 0.650. The summed E-state index contributed by atoms with van der Waals surface area (Å²) in [5.41, 5.74) is 5.13. The molecule has 6 nitrogen and oxygen atoms in total. The molecule has 4 aromatic rings. The van der Waals surface area contributed by atoms with E-state index in [1.165, 1.54) is 0 Å². The number of hydrogen-bond donors (Lipinski definition) is 0. The number of carbonyl (C=O) groups excluding carboxylic acids is 2. The standard InChI is InChI=1S/C31H30ClN3O3/c1-22-26(31(37)34-18-16-33(17-19-34)30(36)20-23-8-4-3-5-9-23)21-28(24-12-14-25(32)15-13-24)35(22)27-10-6-7-11-29(27)38-2/h3-15,21H,16-20H2,1-2H3. The zero-order valence-corrected chi connectivity index (χ0v) is 22.3. The third-order valence-corrected chi connectivity index (χ3v) is 7.31. The molecule has 0 atom stereocenters. The Morgan fingerprint density at radius 3 is 2.16 bits per heavy atom. The van der Waals surface area contributed by atoms with Gasteiger partial charge < -0.3 is 19.1 Å². The van der Waals surface area contributed by atoms with Crippen LogP contribution in [0.25, 0.3) is 16.9 Å². The minimum absolute atomic E-state index is 0.0403. The third kappa shape index (κ3) is 5.18. The summed E-state index contributed by atoms with van der Waals surface area (Å²) in [7, 11) is 1.64. The maximum absolute atomic E-state index is 13.8. The average molecular weight is 528 g/mol. The molecule has 3 aromatic carbocycles. The van der Waals surface area contributed by atoms with Gasteiger partial charge in [-0.15, -0.1) is 0 Å². The van der Waals surface area contributed by atoms with E-state index < -0.39 is 0 Å². The Morgan fingerprint density at radius 1 is 0.842 bits per heavy atom. The molecule has 1 saturated heterocycles. The zero-order valence-electron chi connectivity index (χ0n) is 21.6. The van der Waals surface area contributed by atoms with Gasteiger partial charge in [0.1, 0.15) is 5.75 Å². The lowest BCUT2D eigenvalue weighted by Crippen LogP contribution is -2.51. The third-order valence-electron chi connectivity index (χ3n) is 7.06. The Kier molecular flexibility index (Phi) is 7.52. The summed E-state index contributed by atoms with van der Waals surface area (Å²) in [5.74, 6) is 0.763. The quantitative estimate of drug-likeness (QED) is 0.326. The number of halogens is 1. The van der Waals surface area contributed by atoms with Gasteiger partial charge >= 0.3 is 0 Å². The molecule has 0 bridgehead atoms. The summed E-state index contributed by atoms with van der Waals surface area (Å²) in [6, 6.07) is 27.1. The minimum atomic E-state index is -0.0403. The second-order valence-electron chi connectivity index (χ2n) is 9.38. The molecule has 5 rings (SSSR count). The normalized spacial score (nSPS) is 13.4. The second kappa shape index (κ2) is 11.2. The van der Waals surface area contributed by atoms with E-state index in [0.29, 0.717) is 48.9 Å². The highest BCUT2D eigenvalue weighted by molar-refractivity contribution is 6.30. The van der Waals surface area contributed by atoms with Crippen LogP contribution >= 0.6 is 11.6 Å². The number of ether oxygens (including phenoxy) is 1. The Labute approximate surface area is 228 Å². The number of piperazine rings is 1. The lowest BCUT2D eigenvalue weighted by molar-refractivity contribution is -0.131. The number of para-hydroxylation sites is 2. The van der Waals surface area contributed by atoms with Crippen LogP contribution in [0.2, 0.25) is 5.02 Å². The first-order chi connectivity index (χ1) is 18.5. The van der Waals surface area contributed by atoms with E-state index >= 15 is 0 Å². The number of aromatic nitrogens is 1. The summed E-state index contributed by atoms with van der Waals surface area (Å²) in [6.45, 7) is 3.99. The molecule has 0 unspecified atom stereocenters. The predicted molar refractivity (Wildman–Crippen MR) is 150 cm³/mol. The van der Waals surface area contributed by atoms with Gasteiger partial charge in [-0.25, -0.2) is 0 Å². The topological polar surface area (TPSA) is 54.8 Å². The molecule has 0 saturated carbocycles. The van der Waals surface area contributed by atoms with Gasteiger partial charge in [-0.2, -0.15) is 0 Å². The molecule has 194 valence electrons. The molecule has 0 aliphatic carbocycles. The van der Waals surface area contributed by atoms with Crippen molar-refractivity contribution < 1.29 is 14.3 Å². The van der Waals surface area contributed by atoms with Crippen LogP contribution in [0.5, 0.6) is 5.75 Å². The van der Waals surface area contributed by atoms with Gasteiger partial charge in [-0.05, 0) is 48.4 Å². The van der Waals surface area contributed by atoms with E-state index in [2.05, 4.69) is 4.57 Å². The van der Waals surface area contributed by atoms with Crippen molar-refractivity contribution in [2.24, 2.45) is 0 Å². The van der Waals surface area contributed by atoms with E-state index in [4.69, 9.17) is 16.3 Å². The fourth-order valence-electron chi connectivity index (χ4n) is 4.99. The Bertz CT molecular complexity index is 1440. The largest absolute Gasteiger partial charge is 0.495 e. The monoisotopic (exact) mass is 527 g/mol. The van der Waals surface area contributed by atoms with Gasteiger partial charge in [0, 0.05) is 36.9 Å². The van der Waals surface area contributed by atoms with Crippen LogP contribution in [-0.4, -0.2) is 59.5 Å². The molecule has 1 fully saturated rings. The second-order valence-corrected chi connectivity index (χ2v) is 9.81. The SMILES string of the molecule is COc1ccccc1-n1c(-c2ccc(Cl)cc2)cc(C(=O)N2CCN(C(=O)Cc3ccccc3)CC2)c1C. The van der Waals surface area contributed by atoms with Gasteiger partial charge in [0.05, 0.1) is 30.5 Å². The van der Waals surface area contributed by atoms with Crippen molar-refractivity contribution in [1.82, 2.24) is 14.4 Å². The van der Waals surface area contributed by atoms with Gasteiger partial charge in [0.25, 0.3) is 5.91 Å². The van der Waals surface area contributed by atoms with E-state index in [1.54, 1.807) is 7.11 Å². The van der Waals surface area contributed by atoms with Gasteiger partial charge in [0.2, 0.25) is 5.91 Å². The first-order valence-electron chi connectivity index (χ1n) is 12.7.